The molecule has 1 heteroatoms. The van der Waals surface area contributed by atoms with E-state index >= 15 is 0 Å². The third-order valence-electron chi connectivity index (χ3n) is 3.70. The van der Waals surface area contributed by atoms with Gasteiger partial charge in [-0.2, -0.15) is 0 Å². The van der Waals surface area contributed by atoms with E-state index in [1.54, 1.807) is 0 Å². The highest BCUT2D eigenvalue weighted by molar-refractivity contribution is 5.86. The molecule has 0 amide bonds. The van der Waals surface area contributed by atoms with E-state index in [0.29, 0.717) is 0 Å². The van der Waals surface area contributed by atoms with Crippen LogP contribution < -0.4 is 5.32 Å². The van der Waals surface area contributed by atoms with E-state index in [1.807, 2.05) is 0 Å². The number of fused-ring (bicyclic) bond motifs is 1. The SMILES string of the molecule is CCNCCC(C)(C)c1cccc2ccccc12. The van der Waals surface area contributed by atoms with Crippen LogP contribution in [0.2, 0.25) is 0 Å². The molecule has 0 aliphatic carbocycles. The number of nitrogens with one attached hydrogen (secondary N) is 1. The molecular weight excluding hydrogens is 218 g/mol. The Kier molecular flexibility index (Phi) is 4.03. The van der Waals surface area contributed by atoms with Crippen molar-refractivity contribution in [3.05, 3.63) is 48.0 Å². The molecule has 0 aliphatic rings. The quantitative estimate of drug-likeness (QED) is 0.777. The fraction of sp³-hybridized carbons (Fsp3) is 0.412. The van der Waals surface area contributed by atoms with E-state index in [1.165, 1.54) is 16.3 Å². The van der Waals surface area contributed by atoms with Crippen LogP contribution in [0.1, 0.15) is 32.8 Å². The maximum Gasteiger partial charge on any atom is -0.00407 e. The van der Waals surface area contributed by atoms with E-state index in [4.69, 9.17) is 0 Å². The van der Waals surface area contributed by atoms with Crippen molar-refractivity contribution < 1.29 is 0 Å². The van der Waals surface area contributed by atoms with Crippen LogP contribution in [0.3, 0.4) is 0 Å². The van der Waals surface area contributed by atoms with Gasteiger partial charge >= 0.3 is 0 Å². The largest absolute Gasteiger partial charge is 0.317 e. The van der Waals surface area contributed by atoms with Gasteiger partial charge in [-0.1, -0.05) is 63.2 Å². The molecule has 0 saturated heterocycles. The van der Waals surface area contributed by atoms with Crippen molar-refractivity contribution in [3.8, 4) is 0 Å². The van der Waals surface area contributed by atoms with Crippen molar-refractivity contribution in [2.45, 2.75) is 32.6 Å². The van der Waals surface area contributed by atoms with Crippen LogP contribution in [0.25, 0.3) is 10.8 Å². The van der Waals surface area contributed by atoms with Crippen molar-refractivity contribution >= 4 is 10.8 Å². The molecule has 0 aromatic heterocycles. The van der Waals surface area contributed by atoms with Crippen molar-refractivity contribution in [1.82, 2.24) is 5.32 Å². The van der Waals surface area contributed by atoms with Crippen LogP contribution >= 0.6 is 0 Å². The van der Waals surface area contributed by atoms with E-state index < -0.39 is 0 Å². The predicted octanol–water partition coefficient (Wildman–Crippen LogP) is 4.12. The molecular formula is C17H23N. The highest BCUT2D eigenvalue weighted by atomic mass is 14.8. The summed E-state index contributed by atoms with van der Waals surface area (Å²) in [5.41, 5.74) is 1.67. The van der Waals surface area contributed by atoms with Gasteiger partial charge in [0.25, 0.3) is 0 Å². The Morgan fingerprint density at radius 2 is 1.72 bits per heavy atom. The van der Waals surface area contributed by atoms with Gasteiger partial charge in [-0.3, -0.25) is 0 Å². The molecule has 1 N–H and O–H groups in total. The van der Waals surface area contributed by atoms with Crippen LogP contribution in [-0.4, -0.2) is 13.1 Å². The Morgan fingerprint density at radius 1 is 1.00 bits per heavy atom. The van der Waals surface area contributed by atoms with Gasteiger partial charge in [0.2, 0.25) is 0 Å². The van der Waals surface area contributed by atoms with Crippen molar-refractivity contribution in [2.75, 3.05) is 13.1 Å². The minimum Gasteiger partial charge on any atom is -0.317 e. The fourth-order valence-electron chi connectivity index (χ4n) is 2.53. The van der Waals surface area contributed by atoms with Gasteiger partial charge in [-0.15, -0.1) is 0 Å². The molecule has 18 heavy (non-hydrogen) atoms. The summed E-state index contributed by atoms with van der Waals surface area (Å²) in [6.07, 6.45) is 1.16. The third-order valence-corrected chi connectivity index (χ3v) is 3.70. The molecule has 0 fully saturated rings. The van der Waals surface area contributed by atoms with Gasteiger partial charge in [0, 0.05) is 0 Å². The molecule has 1 nitrogen and oxygen atoms in total. The smallest absolute Gasteiger partial charge is 0.00407 e. The van der Waals surface area contributed by atoms with Crippen LogP contribution in [0.5, 0.6) is 0 Å². The summed E-state index contributed by atoms with van der Waals surface area (Å²) in [5.74, 6) is 0. The molecule has 2 aromatic carbocycles. The lowest BCUT2D eigenvalue weighted by Crippen LogP contribution is -2.25. The lowest BCUT2D eigenvalue weighted by atomic mass is 9.79. The Morgan fingerprint density at radius 3 is 2.50 bits per heavy atom. The topological polar surface area (TPSA) is 12.0 Å². The average Bonchev–Trinajstić information content (AvgIpc) is 2.38. The molecule has 0 spiro atoms. The first kappa shape index (κ1) is 13.1. The molecule has 0 heterocycles. The summed E-state index contributed by atoms with van der Waals surface area (Å²) < 4.78 is 0. The Bertz CT molecular complexity index is 509. The summed E-state index contributed by atoms with van der Waals surface area (Å²) in [7, 11) is 0. The maximum absolute atomic E-state index is 3.42. The number of benzene rings is 2. The Balaban J connectivity index is 2.34. The second-order valence-corrected chi connectivity index (χ2v) is 5.51. The van der Waals surface area contributed by atoms with Gasteiger partial charge in [0.05, 0.1) is 0 Å². The van der Waals surface area contributed by atoms with Crippen molar-refractivity contribution in [1.29, 1.82) is 0 Å². The van der Waals surface area contributed by atoms with Crippen LogP contribution in [0.4, 0.5) is 0 Å². The first-order chi connectivity index (χ1) is 8.65. The molecule has 0 saturated carbocycles. The zero-order chi connectivity index (χ0) is 13.0. The van der Waals surface area contributed by atoms with E-state index in [-0.39, 0.29) is 5.41 Å². The predicted molar refractivity (Wildman–Crippen MR) is 80.1 cm³/mol. The van der Waals surface area contributed by atoms with Crippen molar-refractivity contribution in [2.24, 2.45) is 0 Å². The van der Waals surface area contributed by atoms with Gasteiger partial charge < -0.3 is 5.32 Å². The Labute approximate surface area is 110 Å². The molecule has 2 aromatic rings. The monoisotopic (exact) mass is 241 g/mol. The molecule has 0 radical (unpaired) electrons. The Hall–Kier alpha value is -1.34. The second kappa shape index (κ2) is 5.53. The minimum atomic E-state index is 0.211. The fourth-order valence-corrected chi connectivity index (χ4v) is 2.53. The molecule has 0 aliphatic heterocycles. The number of hydrogen-bond acceptors (Lipinski definition) is 1. The molecule has 0 bridgehead atoms. The van der Waals surface area contributed by atoms with Crippen LogP contribution in [0.15, 0.2) is 42.5 Å². The molecule has 0 atom stereocenters. The second-order valence-electron chi connectivity index (χ2n) is 5.51. The third kappa shape index (κ3) is 2.73. The summed E-state index contributed by atoms with van der Waals surface area (Å²) in [6.45, 7) is 8.96. The summed E-state index contributed by atoms with van der Waals surface area (Å²) in [5, 5.41) is 6.15. The zero-order valence-electron chi connectivity index (χ0n) is 11.7. The molecule has 2 rings (SSSR count). The van der Waals surface area contributed by atoms with E-state index in [9.17, 15) is 0 Å². The van der Waals surface area contributed by atoms with E-state index in [2.05, 4.69) is 68.6 Å². The van der Waals surface area contributed by atoms with Crippen molar-refractivity contribution in [3.63, 3.8) is 0 Å². The average molecular weight is 241 g/mol. The van der Waals surface area contributed by atoms with Gasteiger partial charge in [-0.05, 0) is 41.3 Å². The van der Waals surface area contributed by atoms with Crippen LogP contribution in [0, 0.1) is 0 Å². The highest BCUT2D eigenvalue weighted by Gasteiger charge is 2.21. The highest BCUT2D eigenvalue weighted by Crippen LogP contribution is 2.32. The zero-order valence-corrected chi connectivity index (χ0v) is 11.7. The normalized spacial score (nSPS) is 11.9. The summed E-state index contributed by atoms with van der Waals surface area (Å²) in [4.78, 5) is 0. The number of rotatable bonds is 5. The lowest BCUT2D eigenvalue weighted by molar-refractivity contribution is 0.464. The van der Waals surface area contributed by atoms with E-state index in [0.717, 1.165) is 19.5 Å². The lowest BCUT2D eigenvalue weighted by Gasteiger charge is -2.27. The standard InChI is InChI=1S/C17H23N/c1-4-18-13-12-17(2,3)16-11-7-9-14-8-5-6-10-15(14)16/h5-11,18H,4,12-13H2,1-3H3. The first-order valence-electron chi connectivity index (χ1n) is 6.84. The summed E-state index contributed by atoms with van der Waals surface area (Å²) in [6, 6.07) is 15.3. The minimum absolute atomic E-state index is 0.211. The number of hydrogen-bond donors (Lipinski definition) is 1. The molecule has 96 valence electrons. The first-order valence-corrected chi connectivity index (χ1v) is 6.84. The van der Waals surface area contributed by atoms with Crippen LogP contribution in [-0.2, 0) is 5.41 Å². The van der Waals surface area contributed by atoms with Gasteiger partial charge in [-0.25, -0.2) is 0 Å². The maximum atomic E-state index is 3.42. The van der Waals surface area contributed by atoms with Gasteiger partial charge in [0.1, 0.15) is 0 Å². The summed E-state index contributed by atoms with van der Waals surface area (Å²) >= 11 is 0. The molecule has 0 unspecified atom stereocenters. The van der Waals surface area contributed by atoms with Gasteiger partial charge in [0.15, 0.2) is 0 Å².